The topological polar surface area (TPSA) is 72.7 Å². The minimum absolute atomic E-state index is 0.314. The van der Waals surface area contributed by atoms with Gasteiger partial charge in [0.1, 0.15) is 0 Å². The summed E-state index contributed by atoms with van der Waals surface area (Å²) in [6.07, 6.45) is 3.83. The van der Waals surface area contributed by atoms with Gasteiger partial charge in [0, 0.05) is 22.7 Å². The molecule has 0 aliphatic carbocycles. The van der Waals surface area contributed by atoms with Gasteiger partial charge in [0.25, 0.3) is 5.91 Å². The average Bonchev–Trinajstić information content (AvgIpc) is 2.85. The SMILES string of the molecule is CCCn1nnnc1NC(=O)/C=C/c1ccc(Cl)cc1Cl. The van der Waals surface area contributed by atoms with Crippen LogP contribution in [-0.4, -0.2) is 26.1 Å². The first-order valence-electron chi connectivity index (χ1n) is 6.30. The number of carbonyl (C=O) groups excluding carboxylic acids is 1. The van der Waals surface area contributed by atoms with Gasteiger partial charge in [-0.25, -0.2) is 4.68 Å². The third kappa shape index (κ3) is 4.27. The van der Waals surface area contributed by atoms with Crippen molar-refractivity contribution in [1.82, 2.24) is 20.2 Å². The van der Waals surface area contributed by atoms with Crippen molar-refractivity contribution in [2.24, 2.45) is 0 Å². The second kappa shape index (κ2) is 7.19. The normalized spacial score (nSPS) is 11.0. The van der Waals surface area contributed by atoms with Gasteiger partial charge in [-0.05, 0) is 40.6 Å². The van der Waals surface area contributed by atoms with Crippen LogP contribution < -0.4 is 5.32 Å². The lowest BCUT2D eigenvalue weighted by atomic mass is 10.2. The maximum Gasteiger partial charge on any atom is 0.250 e. The molecule has 0 radical (unpaired) electrons. The molecule has 1 heterocycles. The highest BCUT2D eigenvalue weighted by Gasteiger charge is 2.07. The van der Waals surface area contributed by atoms with Crippen LogP contribution >= 0.6 is 23.2 Å². The van der Waals surface area contributed by atoms with E-state index < -0.39 is 0 Å². The van der Waals surface area contributed by atoms with Crippen molar-refractivity contribution in [3.8, 4) is 0 Å². The minimum Gasteiger partial charge on any atom is -0.290 e. The van der Waals surface area contributed by atoms with Crippen LogP contribution in [0.3, 0.4) is 0 Å². The molecule has 0 saturated carbocycles. The van der Waals surface area contributed by atoms with Crippen molar-refractivity contribution >= 4 is 41.1 Å². The molecule has 2 aromatic rings. The summed E-state index contributed by atoms with van der Waals surface area (Å²) < 4.78 is 1.53. The van der Waals surface area contributed by atoms with Crippen LogP contribution in [0.25, 0.3) is 6.08 Å². The predicted molar refractivity (Wildman–Crippen MR) is 82.2 cm³/mol. The number of anilines is 1. The van der Waals surface area contributed by atoms with Gasteiger partial charge < -0.3 is 0 Å². The number of amides is 1. The Morgan fingerprint density at radius 2 is 2.24 bits per heavy atom. The zero-order valence-corrected chi connectivity index (χ0v) is 12.8. The Kier molecular flexibility index (Phi) is 5.30. The van der Waals surface area contributed by atoms with E-state index in [0.29, 0.717) is 28.1 Å². The van der Waals surface area contributed by atoms with Crippen LogP contribution in [0.1, 0.15) is 18.9 Å². The molecule has 0 atom stereocenters. The Morgan fingerprint density at radius 3 is 2.95 bits per heavy atom. The molecular weight excluding hydrogens is 313 g/mol. The lowest BCUT2D eigenvalue weighted by Crippen LogP contribution is -2.14. The number of tetrazole rings is 1. The second-order valence-electron chi connectivity index (χ2n) is 4.21. The fraction of sp³-hybridized carbons (Fsp3) is 0.231. The molecular formula is C13H13Cl2N5O. The number of aryl methyl sites for hydroxylation is 1. The summed E-state index contributed by atoms with van der Waals surface area (Å²) in [5.41, 5.74) is 0.698. The molecule has 21 heavy (non-hydrogen) atoms. The maximum atomic E-state index is 11.8. The molecule has 0 saturated heterocycles. The molecule has 0 spiro atoms. The number of hydrogen-bond donors (Lipinski definition) is 1. The second-order valence-corrected chi connectivity index (χ2v) is 5.06. The van der Waals surface area contributed by atoms with E-state index in [1.54, 1.807) is 24.3 Å². The van der Waals surface area contributed by atoms with E-state index in [2.05, 4.69) is 20.8 Å². The Labute approximate surface area is 131 Å². The summed E-state index contributed by atoms with van der Waals surface area (Å²) in [6.45, 7) is 2.63. The van der Waals surface area contributed by atoms with Crippen LogP contribution in [0, 0.1) is 0 Å². The van der Waals surface area contributed by atoms with E-state index in [1.165, 1.54) is 10.8 Å². The number of nitrogens with one attached hydrogen (secondary N) is 1. The molecule has 2 rings (SSSR count). The molecule has 1 aromatic carbocycles. The zero-order valence-electron chi connectivity index (χ0n) is 11.3. The number of rotatable bonds is 5. The molecule has 1 N–H and O–H groups in total. The first kappa shape index (κ1) is 15.5. The molecule has 0 fully saturated rings. The summed E-state index contributed by atoms with van der Waals surface area (Å²) in [5, 5.41) is 14.7. The maximum absolute atomic E-state index is 11.8. The van der Waals surface area contributed by atoms with Crippen molar-refractivity contribution in [3.63, 3.8) is 0 Å². The van der Waals surface area contributed by atoms with Gasteiger partial charge in [-0.3, -0.25) is 10.1 Å². The summed E-state index contributed by atoms with van der Waals surface area (Å²) in [5.74, 6) is -0.0260. The highest BCUT2D eigenvalue weighted by atomic mass is 35.5. The summed E-state index contributed by atoms with van der Waals surface area (Å²) in [6, 6.07) is 5.05. The van der Waals surface area contributed by atoms with Crippen LogP contribution in [0.15, 0.2) is 24.3 Å². The Bertz CT molecular complexity index is 668. The van der Waals surface area contributed by atoms with E-state index in [1.807, 2.05) is 6.92 Å². The van der Waals surface area contributed by atoms with Crippen molar-refractivity contribution in [3.05, 3.63) is 39.9 Å². The van der Waals surface area contributed by atoms with E-state index in [-0.39, 0.29) is 5.91 Å². The quantitative estimate of drug-likeness (QED) is 0.857. The molecule has 1 amide bonds. The van der Waals surface area contributed by atoms with Gasteiger partial charge in [0.15, 0.2) is 0 Å². The Hall–Kier alpha value is -1.92. The third-order valence-electron chi connectivity index (χ3n) is 2.58. The fourth-order valence-corrected chi connectivity index (χ4v) is 2.08. The Balaban J connectivity index is 2.04. The van der Waals surface area contributed by atoms with E-state index >= 15 is 0 Å². The fourth-order valence-electron chi connectivity index (χ4n) is 1.61. The van der Waals surface area contributed by atoms with Gasteiger partial charge >= 0.3 is 0 Å². The highest BCUT2D eigenvalue weighted by molar-refractivity contribution is 6.35. The Morgan fingerprint density at radius 1 is 1.43 bits per heavy atom. The number of hydrogen-bond acceptors (Lipinski definition) is 4. The molecule has 110 valence electrons. The van der Waals surface area contributed by atoms with Gasteiger partial charge in [0.2, 0.25) is 5.95 Å². The molecule has 0 aliphatic heterocycles. The molecule has 0 aliphatic rings. The van der Waals surface area contributed by atoms with Crippen molar-refractivity contribution in [2.75, 3.05) is 5.32 Å². The van der Waals surface area contributed by atoms with Crippen LogP contribution in [0.5, 0.6) is 0 Å². The largest absolute Gasteiger partial charge is 0.290 e. The van der Waals surface area contributed by atoms with Crippen molar-refractivity contribution in [2.45, 2.75) is 19.9 Å². The zero-order chi connectivity index (χ0) is 15.2. The molecule has 8 heteroatoms. The number of aromatic nitrogens is 4. The van der Waals surface area contributed by atoms with Crippen molar-refractivity contribution in [1.29, 1.82) is 0 Å². The first-order valence-corrected chi connectivity index (χ1v) is 7.06. The number of halogens is 2. The monoisotopic (exact) mass is 325 g/mol. The van der Waals surface area contributed by atoms with E-state index in [9.17, 15) is 4.79 Å². The lowest BCUT2D eigenvalue weighted by molar-refractivity contribution is -0.111. The third-order valence-corrected chi connectivity index (χ3v) is 3.14. The van der Waals surface area contributed by atoms with Crippen LogP contribution in [0.4, 0.5) is 5.95 Å². The van der Waals surface area contributed by atoms with Gasteiger partial charge in [-0.15, -0.1) is 0 Å². The molecule has 0 bridgehead atoms. The molecule has 0 unspecified atom stereocenters. The molecule has 6 nitrogen and oxygen atoms in total. The standard InChI is InChI=1S/C13H13Cl2N5O/c1-2-7-20-13(17-18-19-20)16-12(21)6-4-9-3-5-10(14)8-11(9)15/h3-6,8H,2,7H2,1H3,(H,16,17,19,21)/b6-4+. The smallest absolute Gasteiger partial charge is 0.250 e. The number of nitrogens with zero attached hydrogens (tertiary/aromatic N) is 4. The minimum atomic E-state index is -0.340. The molecule has 1 aromatic heterocycles. The first-order chi connectivity index (χ1) is 10.1. The van der Waals surface area contributed by atoms with E-state index in [4.69, 9.17) is 23.2 Å². The predicted octanol–water partition coefficient (Wildman–Crippen LogP) is 3.04. The van der Waals surface area contributed by atoms with Gasteiger partial charge in [-0.1, -0.05) is 41.3 Å². The van der Waals surface area contributed by atoms with Gasteiger partial charge in [0.05, 0.1) is 0 Å². The van der Waals surface area contributed by atoms with Crippen LogP contribution in [0.2, 0.25) is 10.0 Å². The summed E-state index contributed by atoms with van der Waals surface area (Å²) >= 11 is 11.8. The average molecular weight is 326 g/mol. The lowest BCUT2D eigenvalue weighted by Gasteiger charge is -2.02. The van der Waals surface area contributed by atoms with Gasteiger partial charge in [-0.2, -0.15) is 0 Å². The highest BCUT2D eigenvalue weighted by Crippen LogP contribution is 2.21. The summed E-state index contributed by atoms with van der Waals surface area (Å²) in [4.78, 5) is 11.8. The van der Waals surface area contributed by atoms with Crippen LogP contribution in [-0.2, 0) is 11.3 Å². The van der Waals surface area contributed by atoms with E-state index in [0.717, 1.165) is 6.42 Å². The number of benzene rings is 1. The van der Waals surface area contributed by atoms with Crippen molar-refractivity contribution < 1.29 is 4.79 Å². The number of carbonyl (C=O) groups is 1. The summed E-state index contributed by atoms with van der Waals surface area (Å²) in [7, 11) is 0.